The van der Waals surface area contributed by atoms with Crippen LogP contribution < -0.4 is 0 Å². The first-order valence-electron chi connectivity index (χ1n) is 9.01. The third-order valence-electron chi connectivity index (χ3n) is 5.27. The molecule has 0 radical (unpaired) electrons. The molecule has 1 unspecified atom stereocenters. The van der Waals surface area contributed by atoms with Crippen LogP contribution in [-0.4, -0.2) is 34.1 Å². The summed E-state index contributed by atoms with van der Waals surface area (Å²) in [5, 5.41) is -0.573. The Kier molecular flexibility index (Phi) is 4.38. The maximum Gasteiger partial charge on any atom is 0.337 e. The van der Waals surface area contributed by atoms with Crippen molar-refractivity contribution in [2.24, 2.45) is 0 Å². The van der Waals surface area contributed by atoms with Gasteiger partial charge in [0.25, 0.3) is 4.75 Å². The predicted octanol–water partition coefficient (Wildman–Crippen LogP) is 2.85. The van der Waals surface area contributed by atoms with Crippen molar-refractivity contribution in [1.82, 2.24) is 0 Å². The van der Waals surface area contributed by atoms with Gasteiger partial charge in [-0.2, -0.15) is 0 Å². The molecule has 2 aromatic carbocycles. The first kappa shape index (κ1) is 17.9. The average Bonchev–Trinajstić information content (AvgIpc) is 2.68. The lowest BCUT2D eigenvalue weighted by Crippen LogP contribution is -2.62. The first-order valence-corrected chi connectivity index (χ1v) is 10.2. The maximum atomic E-state index is 13.8. The molecule has 140 valence electrons. The Morgan fingerprint density at radius 3 is 1.67 bits per heavy atom. The first-order chi connectivity index (χ1) is 13.1. The van der Waals surface area contributed by atoms with E-state index in [4.69, 9.17) is 9.47 Å². The molecule has 2 heterocycles. The van der Waals surface area contributed by atoms with Gasteiger partial charge in [0.05, 0.1) is 29.3 Å². The largest absolute Gasteiger partial charge is 0.464 e. The molecule has 1 aliphatic carbocycles. The molecule has 1 atom stereocenters. The fourth-order valence-corrected chi connectivity index (χ4v) is 6.49. The highest BCUT2D eigenvalue weighted by molar-refractivity contribution is 7.89. The van der Waals surface area contributed by atoms with Crippen LogP contribution in [0.3, 0.4) is 0 Å². The molecule has 2 aliphatic heterocycles. The van der Waals surface area contributed by atoms with Crippen LogP contribution in [0.2, 0.25) is 0 Å². The van der Waals surface area contributed by atoms with Gasteiger partial charge in [-0.3, -0.25) is 4.21 Å². The fourth-order valence-electron chi connectivity index (χ4n) is 4.29. The Hall–Kier alpha value is -2.47. The van der Waals surface area contributed by atoms with Crippen molar-refractivity contribution in [3.8, 4) is 0 Å². The second kappa shape index (κ2) is 6.60. The van der Waals surface area contributed by atoms with Gasteiger partial charge < -0.3 is 9.47 Å². The van der Waals surface area contributed by atoms with Crippen LogP contribution in [0.15, 0.2) is 48.5 Å². The van der Waals surface area contributed by atoms with E-state index >= 15 is 0 Å². The highest BCUT2D eigenvalue weighted by Crippen LogP contribution is 2.59. The van der Waals surface area contributed by atoms with E-state index in [0.29, 0.717) is 0 Å². The number of rotatable bonds is 4. The Morgan fingerprint density at radius 2 is 1.26 bits per heavy atom. The summed E-state index contributed by atoms with van der Waals surface area (Å²) in [5.74, 6) is -2.25. The summed E-state index contributed by atoms with van der Waals surface area (Å²) in [6.07, 6.45) is 0. The van der Waals surface area contributed by atoms with Gasteiger partial charge in [-0.15, -0.1) is 0 Å². The second-order valence-electron chi connectivity index (χ2n) is 6.54. The molecule has 0 N–H and O–H groups in total. The zero-order valence-electron chi connectivity index (χ0n) is 15.1. The molecule has 0 amide bonds. The van der Waals surface area contributed by atoms with Gasteiger partial charge in [-0.05, 0) is 36.1 Å². The highest BCUT2D eigenvalue weighted by Gasteiger charge is 2.68. The topological polar surface area (TPSA) is 69.7 Å². The molecule has 6 heteroatoms. The van der Waals surface area contributed by atoms with Gasteiger partial charge in [0.2, 0.25) is 0 Å². The quantitative estimate of drug-likeness (QED) is 0.599. The molecule has 2 aromatic rings. The molecule has 0 saturated heterocycles. The number of ether oxygens (including phenoxy) is 2. The lowest BCUT2D eigenvalue weighted by atomic mass is 9.70. The zero-order valence-corrected chi connectivity index (χ0v) is 16.0. The average molecular weight is 384 g/mol. The van der Waals surface area contributed by atoms with Crippen LogP contribution >= 0.6 is 0 Å². The van der Waals surface area contributed by atoms with Gasteiger partial charge in [-0.25, -0.2) is 9.59 Å². The molecular weight excluding hydrogens is 364 g/mol. The summed E-state index contributed by atoms with van der Waals surface area (Å²) in [6, 6.07) is 15.1. The predicted molar refractivity (Wildman–Crippen MR) is 101 cm³/mol. The number of fused-ring (bicyclic) bond motifs is 1. The minimum absolute atomic E-state index is 0.0951. The number of benzene rings is 2. The number of carbonyl (C=O) groups excluding carboxylic acids is 2. The van der Waals surface area contributed by atoms with E-state index in [9.17, 15) is 13.8 Å². The molecule has 2 bridgehead atoms. The minimum atomic E-state index is -1.89. The Balaban J connectivity index is 2.06. The number of hydrogen-bond donors (Lipinski definition) is 0. The van der Waals surface area contributed by atoms with Crippen LogP contribution in [0.25, 0.3) is 0 Å². The van der Waals surface area contributed by atoms with Gasteiger partial charge in [0, 0.05) is 5.92 Å². The maximum absolute atomic E-state index is 13.8. The Labute approximate surface area is 160 Å². The van der Waals surface area contributed by atoms with E-state index in [1.807, 2.05) is 48.5 Å². The van der Waals surface area contributed by atoms with Crippen molar-refractivity contribution in [2.75, 3.05) is 13.2 Å². The van der Waals surface area contributed by atoms with Gasteiger partial charge in [0.1, 0.15) is 0 Å². The van der Waals surface area contributed by atoms with E-state index < -0.39 is 38.7 Å². The highest BCUT2D eigenvalue weighted by atomic mass is 32.2. The standard InChI is InChI=1S/C21H20O5S/c1-3-25-19(22)21(20(23)26-4-2)17-13-9-5-7-11-15(13)18(27(21)24)16-12-8-6-10-14(16)17/h5-12,17-18H,3-4H2,1-2H3. The molecular formula is C21H20O5S. The van der Waals surface area contributed by atoms with Crippen molar-refractivity contribution in [2.45, 2.75) is 29.8 Å². The molecule has 0 spiro atoms. The van der Waals surface area contributed by atoms with Crippen LogP contribution in [0.4, 0.5) is 0 Å². The Morgan fingerprint density at radius 1 is 0.852 bits per heavy atom. The van der Waals surface area contributed by atoms with Crippen molar-refractivity contribution >= 4 is 22.7 Å². The lowest BCUT2D eigenvalue weighted by molar-refractivity contribution is -0.159. The van der Waals surface area contributed by atoms with Crippen molar-refractivity contribution in [1.29, 1.82) is 0 Å². The summed E-state index contributed by atoms with van der Waals surface area (Å²) in [5.41, 5.74) is 3.45. The third-order valence-corrected chi connectivity index (χ3v) is 7.41. The molecule has 0 aromatic heterocycles. The molecule has 0 saturated carbocycles. The number of carbonyl (C=O) groups is 2. The smallest absolute Gasteiger partial charge is 0.337 e. The monoisotopic (exact) mass is 384 g/mol. The number of hydrogen-bond acceptors (Lipinski definition) is 5. The zero-order chi connectivity index (χ0) is 19.2. The SMILES string of the molecule is CCOC(=O)C1(C(=O)OCC)C2c3ccccc3C(c3ccccc32)S1=O. The van der Waals surface area contributed by atoms with Crippen molar-refractivity contribution in [3.05, 3.63) is 70.8 Å². The van der Waals surface area contributed by atoms with E-state index in [1.165, 1.54) is 0 Å². The molecule has 3 aliphatic rings. The van der Waals surface area contributed by atoms with Crippen molar-refractivity contribution in [3.63, 3.8) is 0 Å². The van der Waals surface area contributed by atoms with Gasteiger partial charge >= 0.3 is 11.9 Å². The van der Waals surface area contributed by atoms with Crippen LogP contribution in [0.5, 0.6) is 0 Å². The normalized spacial score (nSPS) is 23.9. The van der Waals surface area contributed by atoms with Crippen LogP contribution in [0, 0.1) is 0 Å². The summed E-state index contributed by atoms with van der Waals surface area (Å²) in [6.45, 7) is 3.53. The van der Waals surface area contributed by atoms with Crippen LogP contribution in [-0.2, 0) is 29.9 Å². The van der Waals surface area contributed by atoms with Crippen LogP contribution in [0.1, 0.15) is 47.3 Å². The van der Waals surface area contributed by atoms with E-state index in [-0.39, 0.29) is 13.2 Å². The summed E-state index contributed by atoms with van der Waals surface area (Å²) in [4.78, 5) is 26.3. The van der Waals surface area contributed by atoms with E-state index in [2.05, 4.69) is 0 Å². The summed E-state index contributed by atoms with van der Waals surface area (Å²) >= 11 is 0. The minimum Gasteiger partial charge on any atom is -0.464 e. The summed E-state index contributed by atoms with van der Waals surface area (Å²) in [7, 11) is -1.86. The second-order valence-corrected chi connectivity index (χ2v) is 8.26. The molecule has 5 rings (SSSR count). The summed E-state index contributed by atoms with van der Waals surface area (Å²) < 4.78 is 22.4. The number of esters is 2. The van der Waals surface area contributed by atoms with E-state index in [1.54, 1.807) is 13.8 Å². The van der Waals surface area contributed by atoms with Crippen molar-refractivity contribution < 1.29 is 23.3 Å². The lowest BCUT2D eigenvalue weighted by Gasteiger charge is -2.48. The fraction of sp³-hybridized carbons (Fsp3) is 0.333. The van der Waals surface area contributed by atoms with Gasteiger partial charge in [0.15, 0.2) is 0 Å². The van der Waals surface area contributed by atoms with E-state index in [0.717, 1.165) is 22.3 Å². The third kappa shape index (κ3) is 2.26. The molecule has 5 nitrogen and oxygen atoms in total. The van der Waals surface area contributed by atoms with Gasteiger partial charge in [-0.1, -0.05) is 48.5 Å². The molecule has 27 heavy (non-hydrogen) atoms. The Bertz CT molecular complexity index is 886. The molecule has 0 fully saturated rings.